The molecule has 0 fully saturated rings. The molecular weight excluding hydrogens is 298 g/mol. The van der Waals surface area contributed by atoms with Gasteiger partial charge in [-0.3, -0.25) is 9.78 Å². The first-order chi connectivity index (χ1) is 11.6. The lowest BCUT2D eigenvalue weighted by molar-refractivity contribution is 0.102. The minimum absolute atomic E-state index is 0.222. The number of carbonyl (C=O) groups is 1. The fourth-order valence-corrected chi connectivity index (χ4v) is 2.38. The predicted molar refractivity (Wildman–Crippen MR) is 97.8 cm³/mol. The van der Waals surface area contributed by atoms with E-state index in [1.807, 2.05) is 68.4 Å². The average molecular weight is 317 g/mol. The molecule has 0 spiro atoms. The number of aryl methyl sites for hydroxylation is 2. The van der Waals surface area contributed by atoms with Gasteiger partial charge in [0.25, 0.3) is 5.91 Å². The highest BCUT2D eigenvalue weighted by Crippen LogP contribution is 2.19. The topological polar surface area (TPSA) is 54.0 Å². The number of rotatable bonds is 4. The second-order valence-electron chi connectivity index (χ2n) is 5.69. The first kappa shape index (κ1) is 15.7. The highest BCUT2D eigenvalue weighted by atomic mass is 16.1. The van der Waals surface area contributed by atoms with E-state index in [0.29, 0.717) is 5.69 Å². The molecule has 0 unspecified atom stereocenters. The summed E-state index contributed by atoms with van der Waals surface area (Å²) in [7, 11) is 0. The van der Waals surface area contributed by atoms with Crippen LogP contribution in [0.5, 0.6) is 0 Å². The Bertz CT molecular complexity index is 860. The summed E-state index contributed by atoms with van der Waals surface area (Å²) in [6.45, 7) is 3.97. The third kappa shape index (κ3) is 3.79. The lowest BCUT2D eigenvalue weighted by Gasteiger charge is -2.10. The molecule has 1 amide bonds. The fourth-order valence-electron chi connectivity index (χ4n) is 2.38. The standard InChI is InChI=1S/C20H19N3O/c1-14-8-9-15(2)18(12-14)23-20(24)19-13-17(10-11-21-19)22-16-6-4-3-5-7-16/h3-13H,1-2H3,(H,21,22)(H,23,24). The summed E-state index contributed by atoms with van der Waals surface area (Å²) in [4.78, 5) is 16.7. The van der Waals surface area contributed by atoms with Crippen LogP contribution in [0.2, 0.25) is 0 Å². The molecule has 4 heteroatoms. The van der Waals surface area contributed by atoms with E-state index in [1.165, 1.54) is 0 Å². The Balaban J connectivity index is 1.78. The Kier molecular flexibility index (Phi) is 4.57. The van der Waals surface area contributed by atoms with Gasteiger partial charge in [0.2, 0.25) is 0 Å². The number of hydrogen-bond donors (Lipinski definition) is 2. The zero-order chi connectivity index (χ0) is 16.9. The molecule has 0 aliphatic carbocycles. The number of carbonyl (C=O) groups excluding carboxylic acids is 1. The maximum absolute atomic E-state index is 12.5. The van der Waals surface area contributed by atoms with Gasteiger partial charge in [-0.1, -0.05) is 30.3 Å². The van der Waals surface area contributed by atoms with E-state index in [0.717, 1.165) is 28.2 Å². The molecule has 0 saturated heterocycles. The fraction of sp³-hybridized carbons (Fsp3) is 0.100. The SMILES string of the molecule is Cc1ccc(C)c(NC(=O)c2cc(Nc3ccccc3)ccn2)c1. The molecule has 0 atom stereocenters. The van der Waals surface area contributed by atoms with Crippen LogP contribution in [0.4, 0.5) is 17.1 Å². The first-order valence-corrected chi connectivity index (χ1v) is 7.78. The molecule has 4 nitrogen and oxygen atoms in total. The van der Waals surface area contributed by atoms with E-state index < -0.39 is 0 Å². The smallest absolute Gasteiger partial charge is 0.274 e. The zero-order valence-electron chi connectivity index (χ0n) is 13.7. The van der Waals surface area contributed by atoms with Gasteiger partial charge < -0.3 is 10.6 Å². The number of anilines is 3. The largest absolute Gasteiger partial charge is 0.355 e. The lowest BCUT2D eigenvalue weighted by Crippen LogP contribution is -2.14. The number of hydrogen-bond acceptors (Lipinski definition) is 3. The van der Waals surface area contributed by atoms with Crippen molar-refractivity contribution in [3.05, 3.63) is 83.7 Å². The summed E-state index contributed by atoms with van der Waals surface area (Å²) < 4.78 is 0. The van der Waals surface area contributed by atoms with E-state index in [4.69, 9.17) is 0 Å². The molecule has 24 heavy (non-hydrogen) atoms. The van der Waals surface area contributed by atoms with Gasteiger partial charge in [-0.05, 0) is 55.3 Å². The van der Waals surface area contributed by atoms with Crippen molar-refractivity contribution in [2.24, 2.45) is 0 Å². The second-order valence-corrected chi connectivity index (χ2v) is 5.69. The Morgan fingerprint density at radius 2 is 1.71 bits per heavy atom. The molecule has 0 aliphatic heterocycles. The van der Waals surface area contributed by atoms with Gasteiger partial charge in [-0.25, -0.2) is 0 Å². The summed E-state index contributed by atoms with van der Waals surface area (Å²) in [6.07, 6.45) is 1.63. The van der Waals surface area contributed by atoms with Crippen LogP contribution in [0.1, 0.15) is 21.6 Å². The van der Waals surface area contributed by atoms with Crippen LogP contribution < -0.4 is 10.6 Å². The van der Waals surface area contributed by atoms with Crippen molar-refractivity contribution in [2.75, 3.05) is 10.6 Å². The van der Waals surface area contributed by atoms with Crippen molar-refractivity contribution in [3.8, 4) is 0 Å². The predicted octanol–water partition coefficient (Wildman–Crippen LogP) is 4.69. The van der Waals surface area contributed by atoms with E-state index in [9.17, 15) is 4.79 Å². The molecule has 0 aliphatic rings. The number of pyridine rings is 1. The van der Waals surface area contributed by atoms with Gasteiger partial charge >= 0.3 is 0 Å². The number of nitrogens with zero attached hydrogens (tertiary/aromatic N) is 1. The number of aromatic nitrogens is 1. The van der Waals surface area contributed by atoms with Gasteiger partial charge in [0, 0.05) is 23.3 Å². The van der Waals surface area contributed by atoms with Crippen LogP contribution in [0.15, 0.2) is 66.9 Å². The van der Waals surface area contributed by atoms with Crippen LogP contribution in [0.3, 0.4) is 0 Å². The number of para-hydroxylation sites is 1. The van der Waals surface area contributed by atoms with Crippen molar-refractivity contribution in [3.63, 3.8) is 0 Å². The van der Waals surface area contributed by atoms with Crippen LogP contribution in [0.25, 0.3) is 0 Å². The summed E-state index contributed by atoms with van der Waals surface area (Å²) in [5.74, 6) is -0.222. The van der Waals surface area contributed by atoms with Crippen molar-refractivity contribution in [1.82, 2.24) is 4.98 Å². The highest BCUT2D eigenvalue weighted by molar-refractivity contribution is 6.03. The Labute approximate surface area is 141 Å². The van der Waals surface area contributed by atoms with E-state index >= 15 is 0 Å². The highest BCUT2D eigenvalue weighted by Gasteiger charge is 2.10. The van der Waals surface area contributed by atoms with Gasteiger partial charge in [-0.15, -0.1) is 0 Å². The van der Waals surface area contributed by atoms with Gasteiger partial charge in [0.1, 0.15) is 5.69 Å². The minimum Gasteiger partial charge on any atom is -0.355 e. The molecule has 2 aromatic carbocycles. The van der Waals surface area contributed by atoms with Crippen molar-refractivity contribution >= 4 is 23.0 Å². The second kappa shape index (κ2) is 6.96. The third-order valence-corrected chi connectivity index (χ3v) is 3.70. The quantitative estimate of drug-likeness (QED) is 0.733. The summed E-state index contributed by atoms with van der Waals surface area (Å²) in [5, 5.41) is 6.19. The molecule has 0 radical (unpaired) electrons. The summed E-state index contributed by atoms with van der Waals surface area (Å²) in [6, 6.07) is 19.4. The summed E-state index contributed by atoms with van der Waals surface area (Å²) >= 11 is 0. The molecular formula is C20H19N3O. The van der Waals surface area contributed by atoms with Crippen molar-refractivity contribution in [2.45, 2.75) is 13.8 Å². The maximum Gasteiger partial charge on any atom is 0.274 e. The molecule has 0 saturated carbocycles. The van der Waals surface area contributed by atoms with Gasteiger partial charge in [0.05, 0.1) is 0 Å². The zero-order valence-corrected chi connectivity index (χ0v) is 13.7. The maximum atomic E-state index is 12.5. The Morgan fingerprint density at radius 3 is 2.50 bits per heavy atom. The number of benzene rings is 2. The first-order valence-electron chi connectivity index (χ1n) is 7.78. The Morgan fingerprint density at radius 1 is 0.917 bits per heavy atom. The molecule has 3 rings (SSSR count). The molecule has 1 heterocycles. The van der Waals surface area contributed by atoms with Crippen LogP contribution in [-0.4, -0.2) is 10.9 Å². The van der Waals surface area contributed by atoms with E-state index in [-0.39, 0.29) is 5.91 Å². The van der Waals surface area contributed by atoms with Gasteiger partial charge in [0.15, 0.2) is 0 Å². The molecule has 3 aromatic rings. The lowest BCUT2D eigenvalue weighted by atomic mass is 10.1. The summed E-state index contributed by atoms with van der Waals surface area (Å²) in [5.41, 5.74) is 5.09. The van der Waals surface area contributed by atoms with E-state index in [2.05, 4.69) is 15.6 Å². The van der Waals surface area contributed by atoms with Crippen molar-refractivity contribution in [1.29, 1.82) is 0 Å². The van der Waals surface area contributed by atoms with Gasteiger partial charge in [-0.2, -0.15) is 0 Å². The monoisotopic (exact) mass is 317 g/mol. The van der Waals surface area contributed by atoms with Crippen LogP contribution >= 0.6 is 0 Å². The Hall–Kier alpha value is -3.14. The minimum atomic E-state index is -0.222. The van der Waals surface area contributed by atoms with Crippen LogP contribution in [0, 0.1) is 13.8 Å². The molecule has 1 aromatic heterocycles. The number of nitrogens with one attached hydrogen (secondary N) is 2. The molecule has 2 N–H and O–H groups in total. The normalized spacial score (nSPS) is 10.2. The molecule has 120 valence electrons. The average Bonchev–Trinajstić information content (AvgIpc) is 2.59. The van der Waals surface area contributed by atoms with Crippen molar-refractivity contribution < 1.29 is 4.79 Å². The van der Waals surface area contributed by atoms with Crippen LogP contribution in [-0.2, 0) is 0 Å². The third-order valence-electron chi connectivity index (χ3n) is 3.70. The molecule has 0 bridgehead atoms. The van der Waals surface area contributed by atoms with E-state index in [1.54, 1.807) is 12.3 Å². The number of amides is 1.